The summed E-state index contributed by atoms with van der Waals surface area (Å²) in [5.74, 6) is -2.68. The second-order valence-corrected chi connectivity index (χ2v) is 8.03. The molecule has 0 aliphatic carbocycles. The molecule has 2 aromatic rings. The van der Waals surface area contributed by atoms with Crippen LogP contribution in [0.2, 0.25) is 0 Å². The van der Waals surface area contributed by atoms with Crippen LogP contribution in [0.3, 0.4) is 0 Å². The van der Waals surface area contributed by atoms with E-state index in [1.807, 2.05) is 4.90 Å². The number of amides is 1. The van der Waals surface area contributed by atoms with Crippen LogP contribution in [0.15, 0.2) is 18.2 Å². The molecule has 2 fully saturated rings. The Morgan fingerprint density at radius 2 is 1.82 bits per heavy atom. The summed E-state index contributed by atoms with van der Waals surface area (Å²) in [5, 5.41) is 21.6. The summed E-state index contributed by atoms with van der Waals surface area (Å²) < 4.78 is 26.7. The van der Waals surface area contributed by atoms with Gasteiger partial charge in [-0.25, -0.2) is 8.78 Å². The van der Waals surface area contributed by atoms with Crippen molar-refractivity contribution < 1.29 is 18.7 Å². The molecule has 152 valence electrons. The highest BCUT2D eigenvalue weighted by Crippen LogP contribution is 2.30. The van der Waals surface area contributed by atoms with Crippen molar-refractivity contribution in [3.8, 4) is 0 Å². The molecule has 2 saturated heterocycles. The molecule has 1 amide bonds. The lowest BCUT2D eigenvalue weighted by Crippen LogP contribution is -2.48. The molecule has 1 unspecified atom stereocenters. The second kappa shape index (κ2) is 7.36. The molecule has 2 N–H and O–H groups in total. The van der Waals surface area contributed by atoms with E-state index in [0.717, 1.165) is 0 Å². The first kappa shape index (κ1) is 19.2. The predicted molar refractivity (Wildman–Crippen MR) is 99.2 cm³/mol. The van der Waals surface area contributed by atoms with E-state index in [9.17, 15) is 18.7 Å². The topological polar surface area (TPSA) is 85.3 Å². The summed E-state index contributed by atoms with van der Waals surface area (Å²) in [6.45, 7) is 1.99. The number of aromatic nitrogens is 3. The minimum absolute atomic E-state index is 0.0910. The van der Waals surface area contributed by atoms with Crippen LogP contribution in [0, 0.1) is 0 Å². The Morgan fingerprint density at radius 1 is 1.07 bits per heavy atom. The maximum atomic E-state index is 13.4. The molecule has 2 aliphatic rings. The van der Waals surface area contributed by atoms with Crippen LogP contribution < -0.4 is 0 Å². The number of nitrogens with one attached hydrogen (secondary N) is 1. The third kappa shape index (κ3) is 4.15. The summed E-state index contributed by atoms with van der Waals surface area (Å²) in [6, 6.07) is 5.21. The lowest BCUT2D eigenvalue weighted by atomic mass is 9.93. The maximum absolute atomic E-state index is 13.4. The van der Waals surface area contributed by atoms with E-state index in [2.05, 4.69) is 15.4 Å². The van der Waals surface area contributed by atoms with Crippen molar-refractivity contribution in [2.45, 2.75) is 43.6 Å². The Kier molecular flexibility index (Phi) is 5.05. The first-order valence-electron chi connectivity index (χ1n) is 9.76. The fraction of sp³-hybridized carbons (Fsp3) is 0.632. The first-order valence-corrected chi connectivity index (χ1v) is 9.76. The Labute approximate surface area is 161 Å². The van der Waals surface area contributed by atoms with Crippen LogP contribution in [0.25, 0.3) is 11.0 Å². The van der Waals surface area contributed by atoms with Gasteiger partial charge < -0.3 is 14.9 Å². The van der Waals surface area contributed by atoms with E-state index in [1.54, 1.807) is 23.1 Å². The molecule has 3 heterocycles. The van der Waals surface area contributed by atoms with Crippen LogP contribution in [-0.4, -0.2) is 80.5 Å². The summed E-state index contributed by atoms with van der Waals surface area (Å²) >= 11 is 0. The van der Waals surface area contributed by atoms with Gasteiger partial charge in [0.15, 0.2) is 0 Å². The van der Waals surface area contributed by atoms with E-state index in [0.29, 0.717) is 68.6 Å². The zero-order valence-electron chi connectivity index (χ0n) is 15.7. The third-order valence-electron chi connectivity index (χ3n) is 5.87. The van der Waals surface area contributed by atoms with Crippen LogP contribution in [0.5, 0.6) is 0 Å². The summed E-state index contributed by atoms with van der Waals surface area (Å²) in [7, 11) is 0. The number of hydrogen-bond donors (Lipinski definition) is 2. The zero-order valence-corrected chi connectivity index (χ0v) is 15.7. The standard InChI is InChI=1S/C19H25F2N5O2/c20-19(21)6-9-25(10-7-19)13-18(28)4-1-8-26(11-5-18)17(27)14-2-3-15-16(12-14)23-24-22-15/h2-3,12,28H,1,4-11,13H2,(H,22,23,24). The molecule has 9 heteroatoms. The fourth-order valence-electron chi connectivity index (χ4n) is 4.15. The molecule has 28 heavy (non-hydrogen) atoms. The number of β-amino-alcohol motifs (C(OH)–C–C–N with tert-alkyl or cyclic N) is 1. The lowest BCUT2D eigenvalue weighted by Gasteiger charge is -2.37. The minimum Gasteiger partial charge on any atom is -0.388 e. The molecule has 7 nitrogen and oxygen atoms in total. The van der Waals surface area contributed by atoms with E-state index >= 15 is 0 Å². The number of piperidine rings is 1. The number of nitrogens with zero attached hydrogens (tertiary/aromatic N) is 4. The highest BCUT2D eigenvalue weighted by molar-refractivity contribution is 5.97. The Bertz CT molecular complexity index is 848. The molecule has 0 saturated carbocycles. The molecule has 1 atom stereocenters. The Morgan fingerprint density at radius 3 is 2.61 bits per heavy atom. The number of likely N-dealkylation sites (tertiary alicyclic amines) is 2. The molecule has 1 aromatic heterocycles. The predicted octanol–water partition coefficient (Wildman–Crippen LogP) is 2.05. The van der Waals surface area contributed by atoms with Gasteiger partial charge in [-0.2, -0.15) is 15.4 Å². The van der Waals surface area contributed by atoms with Crippen molar-refractivity contribution in [2.75, 3.05) is 32.7 Å². The zero-order chi connectivity index (χ0) is 19.8. The largest absolute Gasteiger partial charge is 0.388 e. The molecular formula is C19H25F2N5O2. The molecule has 4 rings (SSSR count). The van der Waals surface area contributed by atoms with Gasteiger partial charge in [0.2, 0.25) is 0 Å². The molecular weight excluding hydrogens is 368 g/mol. The number of carbonyl (C=O) groups excluding carboxylic acids is 1. The summed E-state index contributed by atoms with van der Waals surface area (Å²) in [4.78, 5) is 16.6. The number of hydrogen-bond acceptors (Lipinski definition) is 5. The van der Waals surface area contributed by atoms with E-state index in [-0.39, 0.29) is 18.7 Å². The number of aliphatic hydroxyl groups is 1. The van der Waals surface area contributed by atoms with Gasteiger partial charge in [-0.05, 0) is 37.5 Å². The Hall–Kier alpha value is -2.13. The van der Waals surface area contributed by atoms with Gasteiger partial charge in [-0.15, -0.1) is 0 Å². The summed E-state index contributed by atoms with van der Waals surface area (Å²) in [5.41, 5.74) is 0.940. The minimum atomic E-state index is -2.59. The number of fused-ring (bicyclic) bond motifs is 1. The quantitative estimate of drug-likeness (QED) is 0.834. The van der Waals surface area contributed by atoms with Crippen molar-refractivity contribution in [3.63, 3.8) is 0 Å². The maximum Gasteiger partial charge on any atom is 0.253 e. The molecule has 0 bridgehead atoms. The van der Waals surface area contributed by atoms with Crippen LogP contribution in [0.1, 0.15) is 42.5 Å². The molecule has 2 aliphatic heterocycles. The smallest absolute Gasteiger partial charge is 0.253 e. The monoisotopic (exact) mass is 393 g/mol. The van der Waals surface area contributed by atoms with Gasteiger partial charge >= 0.3 is 0 Å². The number of halogens is 2. The number of carbonyl (C=O) groups is 1. The van der Waals surface area contributed by atoms with E-state index in [4.69, 9.17) is 0 Å². The molecule has 0 radical (unpaired) electrons. The van der Waals surface area contributed by atoms with Gasteiger partial charge in [0.1, 0.15) is 11.0 Å². The fourth-order valence-corrected chi connectivity index (χ4v) is 4.15. The average molecular weight is 393 g/mol. The highest BCUT2D eigenvalue weighted by atomic mass is 19.3. The number of rotatable bonds is 3. The van der Waals surface area contributed by atoms with Gasteiger partial charge in [0.05, 0.1) is 5.60 Å². The number of aromatic amines is 1. The van der Waals surface area contributed by atoms with Gasteiger partial charge in [-0.3, -0.25) is 4.79 Å². The third-order valence-corrected chi connectivity index (χ3v) is 5.87. The van der Waals surface area contributed by atoms with Crippen LogP contribution >= 0.6 is 0 Å². The SMILES string of the molecule is O=C(c1ccc2n[nH]nc2c1)N1CCCC(O)(CN2CCC(F)(F)CC2)CC1. The van der Waals surface area contributed by atoms with Crippen molar-refractivity contribution in [1.82, 2.24) is 25.2 Å². The van der Waals surface area contributed by atoms with Crippen LogP contribution in [0.4, 0.5) is 8.78 Å². The average Bonchev–Trinajstić information content (AvgIpc) is 3.05. The molecule has 1 aromatic carbocycles. The van der Waals surface area contributed by atoms with E-state index in [1.165, 1.54) is 0 Å². The van der Waals surface area contributed by atoms with Gasteiger partial charge in [-0.1, -0.05) is 0 Å². The summed E-state index contributed by atoms with van der Waals surface area (Å²) in [6.07, 6.45) is 1.37. The normalized spacial score (nSPS) is 26.3. The van der Waals surface area contributed by atoms with Crippen molar-refractivity contribution in [1.29, 1.82) is 0 Å². The first-order chi connectivity index (χ1) is 13.3. The number of alkyl halides is 2. The second-order valence-electron chi connectivity index (χ2n) is 8.03. The van der Waals surface area contributed by atoms with E-state index < -0.39 is 11.5 Å². The Balaban J connectivity index is 1.38. The highest BCUT2D eigenvalue weighted by Gasteiger charge is 2.38. The lowest BCUT2D eigenvalue weighted by molar-refractivity contribution is -0.0768. The van der Waals surface area contributed by atoms with Crippen molar-refractivity contribution in [3.05, 3.63) is 23.8 Å². The van der Waals surface area contributed by atoms with Crippen molar-refractivity contribution in [2.24, 2.45) is 0 Å². The van der Waals surface area contributed by atoms with Crippen molar-refractivity contribution >= 4 is 16.9 Å². The van der Waals surface area contributed by atoms with Gasteiger partial charge in [0, 0.05) is 51.1 Å². The molecule has 0 spiro atoms. The number of H-pyrrole nitrogens is 1. The van der Waals surface area contributed by atoms with Crippen LogP contribution in [-0.2, 0) is 0 Å². The van der Waals surface area contributed by atoms with Gasteiger partial charge in [0.25, 0.3) is 11.8 Å². The number of benzene rings is 1.